The van der Waals surface area contributed by atoms with Crippen LogP contribution in [0.4, 0.5) is 5.69 Å². The monoisotopic (exact) mass is 578 g/mol. The standard InChI is InChI=1S/C25H24Cl2N4O6S/c1-5-10-31-22(14(2)37-20-12-16(26)7-9-18(20)27)29-30-25(31)38-13-21(32)28-19-11-15(23(33)35-3)6-8-17(19)24(34)36-4/h5-9,11-12,14H,1,10,13H2,2-4H3,(H,28,32). The van der Waals surface area contributed by atoms with Crippen LogP contribution in [0.5, 0.6) is 5.75 Å². The highest BCUT2D eigenvalue weighted by atomic mass is 35.5. The number of allylic oxidation sites excluding steroid dienone is 1. The minimum atomic E-state index is -0.673. The Morgan fingerprint density at radius 1 is 1.11 bits per heavy atom. The van der Waals surface area contributed by atoms with Gasteiger partial charge in [0.15, 0.2) is 17.1 Å². The molecule has 0 aliphatic rings. The van der Waals surface area contributed by atoms with E-state index in [0.717, 1.165) is 11.8 Å². The summed E-state index contributed by atoms with van der Waals surface area (Å²) in [5, 5.41) is 12.4. The SMILES string of the molecule is C=CCn1c(SCC(=O)Nc2cc(C(=O)OC)ccc2C(=O)OC)nnc1C(C)Oc1cc(Cl)ccc1Cl. The lowest BCUT2D eigenvalue weighted by atomic mass is 10.1. The second-order valence-corrected chi connectivity index (χ2v) is 9.44. The van der Waals surface area contributed by atoms with Gasteiger partial charge in [0, 0.05) is 17.6 Å². The zero-order valence-corrected chi connectivity index (χ0v) is 23.0. The number of halogens is 2. The third kappa shape index (κ3) is 7.06. The molecule has 0 fully saturated rings. The van der Waals surface area contributed by atoms with E-state index in [2.05, 4.69) is 22.1 Å². The van der Waals surface area contributed by atoms with Crippen molar-refractivity contribution in [2.75, 3.05) is 25.3 Å². The lowest BCUT2D eigenvalue weighted by molar-refractivity contribution is -0.113. The molecule has 0 aliphatic carbocycles. The molecule has 3 rings (SSSR count). The summed E-state index contributed by atoms with van der Waals surface area (Å²) in [5.74, 6) is -0.938. The second kappa shape index (κ2) is 13.3. The molecular weight excluding hydrogens is 555 g/mol. The number of methoxy groups -OCH3 is 2. The van der Waals surface area contributed by atoms with Crippen molar-refractivity contribution >= 4 is 58.5 Å². The Kier molecular flexibility index (Phi) is 10.2. The fraction of sp³-hybridized carbons (Fsp3) is 0.240. The number of amides is 1. The van der Waals surface area contributed by atoms with Crippen molar-refractivity contribution in [3.8, 4) is 5.75 Å². The molecule has 0 radical (unpaired) electrons. The molecule has 10 nitrogen and oxygen atoms in total. The van der Waals surface area contributed by atoms with E-state index < -0.39 is 23.9 Å². The molecule has 0 saturated heterocycles. The number of nitrogens with one attached hydrogen (secondary N) is 1. The van der Waals surface area contributed by atoms with Crippen LogP contribution in [-0.2, 0) is 20.8 Å². The number of benzene rings is 2. The van der Waals surface area contributed by atoms with Crippen molar-refractivity contribution in [2.24, 2.45) is 0 Å². The molecule has 1 N–H and O–H groups in total. The topological polar surface area (TPSA) is 122 Å². The van der Waals surface area contributed by atoms with Crippen molar-refractivity contribution in [1.82, 2.24) is 14.8 Å². The first kappa shape index (κ1) is 29.0. The Morgan fingerprint density at radius 2 is 1.84 bits per heavy atom. The Labute approximate surface area is 233 Å². The van der Waals surface area contributed by atoms with Crippen LogP contribution in [0.1, 0.15) is 39.6 Å². The number of hydrogen-bond donors (Lipinski definition) is 1. The third-order valence-corrected chi connectivity index (χ3v) is 6.58. The first-order chi connectivity index (χ1) is 18.2. The number of rotatable bonds is 11. The van der Waals surface area contributed by atoms with E-state index >= 15 is 0 Å². The van der Waals surface area contributed by atoms with E-state index in [0.29, 0.717) is 33.3 Å². The minimum absolute atomic E-state index is 0.0757. The van der Waals surface area contributed by atoms with E-state index in [-0.39, 0.29) is 22.6 Å². The molecule has 13 heteroatoms. The van der Waals surface area contributed by atoms with Gasteiger partial charge in [-0.1, -0.05) is 41.0 Å². The summed E-state index contributed by atoms with van der Waals surface area (Å²) in [7, 11) is 2.45. The molecule has 3 aromatic rings. The van der Waals surface area contributed by atoms with Crippen LogP contribution in [0.15, 0.2) is 54.2 Å². The van der Waals surface area contributed by atoms with Gasteiger partial charge in [-0.15, -0.1) is 16.8 Å². The first-order valence-corrected chi connectivity index (χ1v) is 12.8. The van der Waals surface area contributed by atoms with E-state index in [9.17, 15) is 14.4 Å². The normalized spacial score (nSPS) is 11.4. The Morgan fingerprint density at radius 3 is 2.53 bits per heavy atom. The van der Waals surface area contributed by atoms with Crippen LogP contribution in [0.3, 0.4) is 0 Å². The number of esters is 2. The summed E-state index contributed by atoms with van der Waals surface area (Å²) in [6, 6.07) is 9.02. The van der Waals surface area contributed by atoms with Gasteiger partial charge in [0.25, 0.3) is 0 Å². The van der Waals surface area contributed by atoms with Gasteiger partial charge in [0.1, 0.15) is 5.75 Å². The van der Waals surface area contributed by atoms with Gasteiger partial charge in [-0.2, -0.15) is 0 Å². The number of anilines is 1. The Bertz CT molecular complexity index is 1360. The molecule has 1 atom stereocenters. The van der Waals surface area contributed by atoms with Gasteiger partial charge in [-0.25, -0.2) is 9.59 Å². The van der Waals surface area contributed by atoms with Crippen molar-refractivity contribution in [3.05, 3.63) is 76.0 Å². The number of aromatic nitrogens is 3. The van der Waals surface area contributed by atoms with Crippen molar-refractivity contribution in [3.63, 3.8) is 0 Å². The van der Waals surface area contributed by atoms with Gasteiger partial charge in [-0.05, 0) is 37.3 Å². The predicted octanol–water partition coefficient (Wildman–Crippen LogP) is 5.21. The van der Waals surface area contributed by atoms with Crippen molar-refractivity contribution in [2.45, 2.75) is 24.7 Å². The summed E-state index contributed by atoms with van der Waals surface area (Å²) < 4.78 is 17.2. The lowest BCUT2D eigenvalue weighted by Gasteiger charge is -2.16. The van der Waals surface area contributed by atoms with Crippen molar-refractivity contribution in [1.29, 1.82) is 0 Å². The first-order valence-electron chi connectivity index (χ1n) is 11.1. The van der Waals surface area contributed by atoms with Gasteiger partial charge >= 0.3 is 11.9 Å². The highest BCUT2D eigenvalue weighted by Crippen LogP contribution is 2.32. The number of thioether (sulfide) groups is 1. The highest BCUT2D eigenvalue weighted by molar-refractivity contribution is 7.99. The van der Waals surface area contributed by atoms with Gasteiger partial charge in [0.05, 0.1) is 41.8 Å². The Hall–Kier alpha value is -3.54. The van der Waals surface area contributed by atoms with Crippen LogP contribution in [0.2, 0.25) is 10.0 Å². The third-order valence-electron chi connectivity index (χ3n) is 5.07. The van der Waals surface area contributed by atoms with E-state index in [4.69, 9.17) is 37.4 Å². The summed E-state index contributed by atoms with van der Waals surface area (Å²) in [4.78, 5) is 36.9. The summed E-state index contributed by atoms with van der Waals surface area (Å²) >= 11 is 13.4. The van der Waals surface area contributed by atoms with Crippen molar-refractivity contribution < 1.29 is 28.6 Å². The van der Waals surface area contributed by atoms with Crippen LogP contribution < -0.4 is 10.1 Å². The fourth-order valence-corrected chi connectivity index (χ4v) is 4.39. The van der Waals surface area contributed by atoms with Gasteiger partial charge < -0.3 is 19.5 Å². The molecule has 0 saturated carbocycles. The largest absolute Gasteiger partial charge is 0.481 e. The smallest absolute Gasteiger partial charge is 0.339 e. The Balaban J connectivity index is 1.76. The van der Waals surface area contributed by atoms with Gasteiger partial charge in [0.2, 0.25) is 5.91 Å². The van der Waals surface area contributed by atoms with E-state index in [1.54, 1.807) is 35.8 Å². The maximum atomic E-state index is 12.8. The average molecular weight is 579 g/mol. The molecule has 1 unspecified atom stereocenters. The predicted molar refractivity (Wildman–Crippen MR) is 144 cm³/mol. The maximum absolute atomic E-state index is 12.8. The average Bonchev–Trinajstić information content (AvgIpc) is 3.31. The molecule has 1 heterocycles. The maximum Gasteiger partial charge on any atom is 0.339 e. The molecule has 1 amide bonds. The minimum Gasteiger partial charge on any atom is -0.481 e. The number of hydrogen-bond acceptors (Lipinski definition) is 9. The number of ether oxygens (including phenoxy) is 3. The summed E-state index contributed by atoms with van der Waals surface area (Å²) in [5.41, 5.74) is 0.354. The molecule has 0 aliphatic heterocycles. The molecule has 38 heavy (non-hydrogen) atoms. The van der Waals surface area contributed by atoms with Crippen LogP contribution >= 0.6 is 35.0 Å². The lowest BCUT2D eigenvalue weighted by Crippen LogP contribution is -2.18. The van der Waals surface area contributed by atoms with Crippen LogP contribution in [0.25, 0.3) is 0 Å². The second-order valence-electron chi connectivity index (χ2n) is 7.66. The fourth-order valence-electron chi connectivity index (χ4n) is 3.32. The molecule has 2 aromatic carbocycles. The number of nitrogens with zero attached hydrogens (tertiary/aromatic N) is 3. The van der Waals surface area contributed by atoms with Gasteiger partial charge in [-0.3, -0.25) is 9.36 Å². The zero-order chi connectivity index (χ0) is 27.8. The molecule has 1 aromatic heterocycles. The molecule has 0 spiro atoms. The summed E-state index contributed by atoms with van der Waals surface area (Å²) in [6.07, 6.45) is 1.11. The number of carbonyl (C=O) groups is 3. The molecule has 200 valence electrons. The zero-order valence-electron chi connectivity index (χ0n) is 20.7. The van der Waals surface area contributed by atoms with Crippen LogP contribution in [-0.4, -0.2) is 52.6 Å². The number of carbonyl (C=O) groups excluding carboxylic acids is 3. The highest BCUT2D eigenvalue weighted by Gasteiger charge is 2.22. The molecular formula is C25H24Cl2N4O6S. The van der Waals surface area contributed by atoms with Crippen LogP contribution in [0, 0.1) is 0 Å². The van der Waals surface area contributed by atoms with E-state index in [1.807, 2.05) is 0 Å². The summed E-state index contributed by atoms with van der Waals surface area (Å²) in [6.45, 7) is 5.92. The molecule has 0 bridgehead atoms. The quantitative estimate of drug-likeness (QED) is 0.185. The van der Waals surface area contributed by atoms with E-state index in [1.165, 1.54) is 32.4 Å².